The van der Waals surface area contributed by atoms with Crippen LogP contribution in [0.5, 0.6) is 0 Å². The van der Waals surface area contributed by atoms with Gasteiger partial charge in [-0.2, -0.15) is 0 Å². The molecule has 0 bridgehead atoms. The fraction of sp³-hybridized carbons (Fsp3) is 0.400. The predicted octanol–water partition coefficient (Wildman–Crippen LogP) is 1.25. The SMILES string of the molecule is CS(=O)(=O)C(CN)Cc1ccccc1Cl. The highest BCUT2D eigenvalue weighted by Gasteiger charge is 2.20. The largest absolute Gasteiger partial charge is 0.329 e. The summed E-state index contributed by atoms with van der Waals surface area (Å²) in [5.41, 5.74) is 6.25. The predicted molar refractivity (Wildman–Crippen MR) is 62.8 cm³/mol. The van der Waals surface area contributed by atoms with Crippen LogP contribution in [0.4, 0.5) is 0 Å². The van der Waals surface area contributed by atoms with Crippen molar-refractivity contribution in [2.75, 3.05) is 12.8 Å². The molecule has 1 aromatic rings. The van der Waals surface area contributed by atoms with Crippen LogP contribution in [0, 0.1) is 0 Å². The van der Waals surface area contributed by atoms with Crippen LogP contribution in [0.3, 0.4) is 0 Å². The summed E-state index contributed by atoms with van der Waals surface area (Å²) >= 11 is 5.94. The van der Waals surface area contributed by atoms with Crippen molar-refractivity contribution in [1.82, 2.24) is 0 Å². The van der Waals surface area contributed by atoms with E-state index < -0.39 is 15.1 Å². The van der Waals surface area contributed by atoms with Gasteiger partial charge >= 0.3 is 0 Å². The van der Waals surface area contributed by atoms with E-state index in [1.807, 2.05) is 18.2 Å². The zero-order valence-electron chi connectivity index (χ0n) is 8.48. The molecule has 1 rings (SSSR count). The maximum Gasteiger partial charge on any atom is 0.151 e. The first-order chi connectivity index (χ1) is 6.95. The molecule has 0 saturated carbocycles. The first-order valence-electron chi connectivity index (χ1n) is 4.57. The molecule has 15 heavy (non-hydrogen) atoms. The van der Waals surface area contributed by atoms with Crippen molar-refractivity contribution < 1.29 is 8.42 Å². The van der Waals surface area contributed by atoms with Crippen molar-refractivity contribution in [2.24, 2.45) is 5.73 Å². The van der Waals surface area contributed by atoms with Gasteiger partial charge in [0, 0.05) is 17.8 Å². The lowest BCUT2D eigenvalue weighted by molar-refractivity contribution is 0.584. The normalized spacial score (nSPS) is 13.8. The topological polar surface area (TPSA) is 60.2 Å². The third kappa shape index (κ3) is 3.48. The van der Waals surface area contributed by atoms with Crippen molar-refractivity contribution in [1.29, 1.82) is 0 Å². The molecule has 1 unspecified atom stereocenters. The molecule has 3 nitrogen and oxygen atoms in total. The molecule has 0 aromatic heterocycles. The van der Waals surface area contributed by atoms with Gasteiger partial charge in [-0.3, -0.25) is 0 Å². The maximum absolute atomic E-state index is 11.4. The van der Waals surface area contributed by atoms with Gasteiger partial charge in [0.05, 0.1) is 5.25 Å². The molecule has 0 amide bonds. The second-order valence-electron chi connectivity index (χ2n) is 3.48. The molecule has 1 aromatic carbocycles. The molecular weight excluding hydrogens is 234 g/mol. The lowest BCUT2D eigenvalue weighted by Gasteiger charge is -2.13. The van der Waals surface area contributed by atoms with Crippen molar-refractivity contribution in [3.05, 3.63) is 34.9 Å². The van der Waals surface area contributed by atoms with Crippen molar-refractivity contribution >= 4 is 21.4 Å². The number of rotatable bonds is 4. The molecule has 0 aliphatic rings. The van der Waals surface area contributed by atoms with Gasteiger partial charge in [0.25, 0.3) is 0 Å². The minimum Gasteiger partial charge on any atom is -0.329 e. The van der Waals surface area contributed by atoms with Crippen LogP contribution in [0.2, 0.25) is 5.02 Å². The Morgan fingerprint density at radius 2 is 2.00 bits per heavy atom. The standard InChI is InChI=1S/C10H14ClNO2S/c1-15(13,14)9(7-12)6-8-4-2-3-5-10(8)11/h2-5,9H,6-7,12H2,1H3. The summed E-state index contributed by atoms with van der Waals surface area (Å²) < 4.78 is 22.7. The zero-order valence-corrected chi connectivity index (χ0v) is 10.1. The minimum absolute atomic E-state index is 0.115. The van der Waals surface area contributed by atoms with Gasteiger partial charge in [-0.05, 0) is 18.1 Å². The van der Waals surface area contributed by atoms with Crippen LogP contribution in [-0.4, -0.2) is 26.5 Å². The molecule has 2 N–H and O–H groups in total. The molecule has 0 radical (unpaired) electrons. The first-order valence-corrected chi connectivity index (χ1v) is 6.90. The van der Waals surface area contributed by atoms with E-state index in [4.69, 9.17) is 17.3 Å². The van der Waals surface area contributed by atoms with Crippen molar-refractivity contribution in [3.63, 3.8) is 0 Å². The Labute approximate surface area is 95.2 Å². The van der Waals surface area contributed by atoms with Crippen LogP contribution in [0.15, 0.2) is 24.3 Å². The number of halogens is 1. The summed E-state index contributed by atoms with van der Waals surface area (Å²) in [6, 6.07) is 7.20. The highest BCUT2D eigenvalue weighted by Crippen LogP contribution is 2.18. The van der Waals surface area contributed by atoms with Gasteiger partial charge in [-0.15, -0.1) is 0 Å². The average molecular weight is 248 g/mol. The highest BCUT2D eigenvalue weighted by molar-refractivity contribution is 7.91. The summed E-state index contributed by atoms with van der Waals surface area (Å²) in [4.78, 5) is 0. The van der Waals surface area contributed by atoms with Gasteiger partial charge in [-0.1, -0.05) is 29.8 Å². The van der Waals surface area contributed by atoms with Crippen LogP contribution >= 0.6 is 11.6 Å². The van der Waals surface area contributed by atoms with Gasteiger partial charge in [0.15, 0.2) is 9.84 Å². The molecular formula is C10H14ClNO2S. The third-order valence-corrected chi connectivity index (χ3v) is 4.21. The molecule has 0 saturated heterocycles. The number of nitrogens with two attached hydrogens (primary N) is 1. The Kier molecular flexibility index (Phi) is 4.13. The van der Waals surface area contributed by atoms with Crippen molar-refractivity contribution in [3.8, 4) is 0 Å². The Morgan fingerprint density at radius 3 is 2.47 bits per heavy atom. The molecule has 0 spiro atoms. The Morgan fingerprint density at radius 1 is 1.40 bits per heavy atom. The van der Waals surface area contributed by atoms with E-state index in [1.54, 1.807) is 6.07 Å². The fourth-order valence-electron chi connectivity index (χ4n) is 1.32. The molecule has 0 aliphatic carbocycles. The second kappa shape index (κ2) is 4.96. The molecule has 0 heterocycles. The van der Waals surface area contributed by atoms with Gasteiger partial charge in [0.1, 0.15) is 0 Å². The lowest BCUT2D eigenvalue weighted by atomic mass is 10.1. The third-order valence-electron chi connectivity index (χ3n) is 2.27. The number of hydrogen-bond donors (Lipinski definition) is 1. The Bertz CT molecular complexity index is 431. The monoisotopic (exact) mass is 247 g/mol. The second-order valence-corrected chi connectivity index (χ2v) is 6.22. The molecule has 84 valence electrons. The number of hydrogen-bond acceptors (Lipinski definition) is 3. The van der Waals surface area contributed by atoms with E-state index in [0.717, 1.165) is 5.56 Å². The van der Waals surface area contributed by atoms with E-state index >= 15 is 0 Å². The first kappa shape index (κ1) is 12.5. The Hall–Kier alpha value is -0.580. The molecule has 0 fully saturated rings. The number of sulfone groups is 1. The molecule has 0 aliphatic heterocycles. The van der Waals surface area contributed by atoms with Crippen LogP contribution in [-0.2, 0) is 16.3 Å². The zero-order chi connectivity index (χ0) is 11.5. The highest BCUT2D eigenvalue weighted by atomic mass is 35.5. The summed E-state index contributed by atoms with van der Waals surface area (Å²) in [5, 5.41) is 0.0250. The fourth-order valence-corrected chi connectivity index (χ4v) is 2.36. The van der Waals surface area contributed by atoms with E-state index in [0.29, 0.717) is 11.4 Å². The molecule has 1 atom stereocenters. The maximum atomic E-state index is 11.4. The van der Waals surface area contributed by atoms with Crippen LogP contribution in [0.1, 0.15) is 5.56 Å². The molecule has 5 heteroatoms. The summed E-state index contributed by atoms with van der Waals surface area (Å²) in [7, 11) is -3.11. The van der Waals surface area contributed by atoms with Crippen LogP contribution in [0.25, 0.3) is 0 Å². The van der Waals surface area contributed by atoms with E-state index in [1.165, 1.54) is 6.26 Å². The summed E-state index contributed by atoms with van der Waals surface area (Å²) in [6.07, 6.45) is 1.57. The Balaban J connectivity index is 2.90. The summed E-state index contributed by atoms with van der Waals surface area (Å²) in [6.45, 7) is 0.115. The van der Waals surface area contributed by atoms with E-state index in [2.05, 4.69) is 0 Å². The summed E-state index contributed by atoms with van der Waals surface area (Å²) in [5.74, 6) is 0. The van der Waals surface area contributed by atoms with E-state index in [-0.39, 0.29) is 6.54 Å². The quantitative estimate of drug-likeness (QED) is 0.871. The van der Waals surface area contributed by atoms with Gasteiger partial charge < -0.3 is 5.73 Å². The minimum atomic E-state index is -3.11. The van der Waals surface area contributed by atoms with Crippen LogP contribution < -0.4 is 5.73 Å². The van der Waals surface area contributed by atoms with E-state index in [9.17, 15) is 8.42 Å². The lowest BCUT2D eigenvalue weighted by Crippen LogP contribution is -2.31. The van der Waals surface area contributed by atoms with Crippen molar-refractivity contribution in [2.45, 2.75) is 11.7 Å². The van der Waals surface area contributed by atoms with Gasteiger partial charge in [0.2, 0.25) is 0 Å². The number of benzene rings is 1. The average Bonchev–Trinajstić information content (AvgIpc) is 2.14. The van der Waals surface area contributed by atoms with Gasteiger partial charge in [-0.25, -0.2) is 8.42 Å². The smallest absolute Gasteiger partial charge is 0.151 e.